The number of aryl methyl sites for hydroxylation is 1. The van der Waals surface area contributed by atoms with Crippen molar-refractivity contribution >= 4 is 11.6 Å². The van der Waals surface area contributed by atoms with Crippen molar-refractivity contribution in [3.05, 3.63) is 29.3 Å². The monoisotopic (exact) mass is 234 g/mol. The fourth-order valence-electron chi connectivity index (χ4n) is 1.72. The third-order valence-electron chi connectivity index (χ3n) is 3.35. The van der Waals surface area contributed by atoms with E-state index in [-0.39, 0.29) is 11.9 Å². The molecule has 3 heteroatoms. The van der Waals surface area contributed by atoms with E-state index < -0.39 is 0 Å². The molecule has 0 saturated heterocycles. The summed E-state index contributed by atoms with van der Waals surface area (Å²) in [6, 6.07) is 5.55. The molecule has 2 unspecified atom stereocenters. The molecular weight excluding hydrogens is 212 g/mol. The predicted octanol–water partition coefficient (Wildman–Crippen LogP) is 2.74. The molecule has 3 N–H and O–H groups in total. The van der Waals surface area contributed by atoms with Crippen LogP contribution in [0.2, 0.25) is 0 Å². The molecule has 0 aliphatic heterocycles. The van der Waals surface area contributed by atoms with Crippen LogP contribution in [0.5, 0.6) is 0 Å². The van der Waals surface area contributed by atoms with E-state index in [9.17, 15) is 4.79 Å². The van der Waals surface area contributed by atoms with Crippen LogP contribution in [0.25, 0.3) is 0 Å². The molecule has 1 rings (SSSR count). The van der Waals surface area contributed by atoms with Crippen molar-refractivity contribution in [3.63, 3.8) is 0 Å². The van der Waals surface area contributed by atoms with E-state index >= 15 is 0 Å². The Bertz CT molecular complexity index is 401. The SMILES string of the molecule is CCC(C)C(C)NC(=O)c1ccc(N)cc1C. The first-order valence-corrected chi connectivity index (χ1v) is 6.12. The van der Waals surface area contributed by atoms with Crippen LogP contribution < -0.4 is 11.1 Å². The molecule has 0 aliphatic carbocycles. The summed E-state index contributed by atoms with van der Waals surface area (Å²) in [7, 11) is 0. The summed E-state index contributed by atoms with van der Waals surface area (Å²) in [5, 5.41) is 3.03. The standard InChI is InChI=1S/C14H22N2O/c1-5-9(2)11(4)16-14(17)13-7-6-12(15)8-10(13)3/h6-9,11H,5,15H2,1-4H3,(H,16,17). The lowest BCUT2D eigenvalue weighted by Gasteiger charge is -2.20. The quantitative estimate of drug-likeness (QED) is 0.787. The zero-order valence-corrected chi connectivity index (χ0v) is 11.1. The Balaban J connectivity index is 2.76. The van der Waals surface area contributed by atoms with E-state index in [1.807, 2.05) is 19.9 Å². The van der Waals surface area contributed by atoms with Gasteiger partial charge in [-0.2, -0.15) is 0 Å². The minimum atomic E-state index is -0.0182. The Morgan fingerprint density at radius 3 is 2.59 bits per heavy atom. The Morgan fingerprint density at radius 1 is 1.41 bits per heavy atom. The summed E-state index contributed by atoms with van der Waals surface area (Å²) in [5.41, 5.74) is 7.97. The van der Waals surface area contributed by atoms with Crippen molar-refractivity contribution < 1.29 is 4.79 Å². The number of hydrogen-bond donors (Lipinski definition) is 2. The van der Waals surface area contributed by atoms with E-state index in [1.54, 1.807) is 12.1 Å². The number of nitrogen functional groups attached to an aromatic ring is 1. The minimum absolute atomic E-state index is 0.0182. The van der Waals surface area contributed by atoms with Crippen LogP contribution in [0, 0.1) is 12.8 Å². The van der Waals surface area contributed by atoms with Crippen molar-refractivity contribution in [1.82, 2.24) is 5.32 Å². The van der Waals surface area contributed by atoms with Crippen LogP contribution in [-0.4, -0.2) is 11.9 Å². The van der Waals surface area contributed by atoms with E-state index in [1.165, 1.54) is 0 Å². The zero-order valence-electron chi connectivity index (χ0n) is 11.1. The highest BCUT2D eigenvalue weighted by molar-refractivity contribution is 5.96. The predicted molar refractivity (Wildman–Crippen MR) is 72.0 cm³/mol. The molecule has 0 saturated carbocycles. The molecular formula is C14H22N2O. The molecule has 0 fully saturated rings. The first-order valence-electron chi connectivity index (χ1n) is 6.12. The van der Waals surface area contributed by atoms with Crippen molar-refractivity contribution in [2.75, 3.05) is 5.73 Å². The smallest absolute Gasteiger partial charge is 0.251 e. The van der Waals surface area contributed by atoms with Gasteiger partial charge in [0.2, 0.25) is 0 Å². The molecule has 17 heavy (non-hydrogen) atoms. The lowest BCUT2D eigenvalue weighted by molar-refractivity contribution is 0.0927. The molecule has 3 nitrogen and oxygen atoms in total. The second kappa shape index (κ2) is 5.71. The van der Waals surface area contributed by atoms with Gasteiger partial charge in [0, 0.05) is 17.3 Å². The number of anilines is 1. The number of carbonyl (C=O) groups is 1. The van der Waals surface area contributed by atoms with Crippen LogP contribution in [0.4, 0.5) is 5.69 Å². The van der Waals surface area contributed by atoms with E-state index in [4.69, 9.17) is 5.73 Å². The average molecular weight is 234 g/mol. The molecule has 0 aliphatic rings. The van der Waals surface area contributed by atoms with Gasteiger partial charge in [0.05, 0.1) is 0 Å². The lowest BCUT2D eigenvalue weighted by Crippen LogP contribution is -2.37. The normalized spacial score (nSPS) is 14.1. The third-order valence-corrected chi connectivity index (χ3v) is 3.35. The highest BCUT2D eigenvalue weighted by Crippen LogP contribution is 2.14. The molecule has 1 aromatic rings. The number of amides is 1. The maximum atomic E-state index is 12.1. The zero-order chi connectivity index (χ0) is 13.0. The average Bonchev–Trinajstić information content (AvgIpc) is 2.27. The summed E-state index contributed by atoms with van der Waals surface area (Å²) in [4.78, 5) is 12.1. The van der Waals surface area contributed by atoms with Crippen molar-refractivity contribution in [2.24, 2.45) is 5.92 Å². The number of carbonyl (C=O) groups excluding carboxylic acids is 1. The lowest BCUT2D eigenvalue weighted by atomic mass is 10.00. The fraction of sp³-hybridized carbons (Fsp3) is 0.500. The Morgan fingerprint density at radius 2 is 2.06 bits per heavy atom. The summed E-state index contributed by atoms with van der Waals surface area (Å²) in [6.45, 7) is 8.21. The molecule has 0 spiro atoms. The summed E-state index contributed by atoms with van der Waals surface area (Å²) >= 11 is 0. The summed E-state index contributed by atoms with van der Waals surface area (Å²) in [5.74, 6) is 0.461. The largest absolute Gasteiger partial charge is 0.399 e. The van der Waals surface area contributed by atoms with Gasteiger partial charge in [0.15, 0.2) is 0 Å². The van der Waals surface area contributed by atoms with Gasteiger partial charge in [-0.3, -0.25) is 4.79 Å². The number of nitrogens with two attached hydrogens (primary N) is 1. The van der Waals surface area contributed by atoms with Gasteiger partial charge in [0.25, 0.3) is 5.91 Å². The Hall–Kier alpha value is -1.51. The summed E-state index contributed by atoms with van der Waals surface area (Å²) < 4.78 is 0. The van der Waals surface area contributed by atoms with Gasteiger partial charge < -0.3 is 11.1 Å². The van der Waals surface area contributed by atoms with E-state index in [0.717, 1.165) is 12.0 Å². The molecule has 1 amide bonds. The maximum absolute atomic E-state index is 12.1. The third kappa shape index (κ3) is 3.48. The first-order chi connectivity index (χ1) is 7.95. The second-order valence-corrected chi connectivity index (χ2v) is 4.72. The second-order valence-electron chi connectivity index (χ2n) is 4.72. The first kappa shape index (κ1) is 13.6. The van der Waals surface area contributed by atoms with Crippen LogP contribution in [0.1, 0.15) is 43.1 Å². The van der Waals surface area contributed by atoms with Gasteiger partial charge >= 0.3 is 0 Å². The van der Waals surface area contributed by atoms with Crippen molar-refractivity contribution in [1.29, 1.82) is 0 Å². The highest BCUT2D eigenvalue weighted by atomic mass is 16.1. The Labute approximate surface area is 103 Å². The molecule has 94 valence electrons. The topological polar surface area (TPSA) is 55.1 Å². The van der Waals surface area contributed by atoms with E-state index in [2.05, 4.69) is 19.2 Å². The number of hydrogen-bond acceptors (Lipinski definition) is 2. The molecule has 0 heterocycles. The summed E-state index contributed by atoms with van der Waals surface area (Å²) in [6.07, 6.45) is 1.06. The molecule has 0 radical (unpaired) electrons. The van der Waals surface area contributed by atoms with Crippen LogP contribution >= 0.6 is 0 Å². The molecule has 0 bridgehead atoms. The Kier molecular flexibility index (Phi) is 4.55. The highest BCUT2D eigenvalue weighted by Gasteiger charge is 2.15. The van der Waals surface area contributed by atoms with Gasteiger partial charge in [-0.15, -0.1) is 0 Å². The van der Waals surface area contributed by atoms with Crippen LogP contribution in [0.15, 0.2) is 18.2 Å². The van der Waals surface area contributed by atoms with Gasteiger partial charge in [-0.05, 0) is 43.5 Å². The van der Waals surface area contributed by atoms with E-state index in [0.29, 0.717) is 17.2 Å². The van der Waals surface area contributed by atoms with Crippen LogP contribution in [0.3, 0.4) is 0 Å². The van der Waals surface area contributed by atoms with Crippen molar-refractivity contribution in [2.45, 2.75) is 40.2 Å². The molecule has 1 aromatic carbocycles. The minimum Gasteiger partial charge on any atom is -0.399 e. The van der Waals surface area contributed by atoms with Gasteiger partial charge in [0.1, 0.15) is 0 Å². The molecule has 0 aromatic heterocycles. The number of nitrogens with one attached hydrogen (secondary N) is 1. The van der Waals surface area contributed by atoms with Gasteiger partial charge in [-0.1, -0.05) is 20.3 Å². The molecule has 2 atom stereocenters. The fourth-order valence-corrected chi connectivity index (χ4v) is 1.72. The van der Waals surface area contributed by atoms with Crippen LogP contribution in [-0.2, 0) is 0 Å². The maximum Gasteiger partial charge on any atom is 0.251 e. The van der Waals surface area contributed by atoms with Gasteiger partial charge in [-0.25, -0.2) is 0 Å². The van der Waals surface area contributed by atoms with Crippen molar-refractivity contribution in [3.8, 4) is 0 Å². The number of rotatable bonds is 4. The number of benzene rings is 1.